The van der Waals surface area contributed by atoms with Gasteiger partial charge in [-0.3, -0.25) is 4.90 Å². The van der Waals surface area contributed by atoms with E-state index in [1.165, 1.54) is 11.1 Å². The first-order chi connectivity index (χ1) is 12.2. The maximum Gasteiger partial charge on any atom is 0.193 e. The minimum Gasteiger partial charge on any atom is -0.370 e. The zero-order chi connectivity index (χ0) is 17.5. The maximum atomic E-state index is 5.95. The van der Waals surface area contributed by atoms with Crippen LogP contribution in [0, 0.1) is 0 Å². The Bertz CT molecular complexity index is 673. The Labute approximate surface area is 150 Å². The lowest BCUT2D eigenvalue weighted by atomic mass is 10.1. The predicted molar refractivity (Wildman–Crippen MR) is 105 cm³/mol. The zero-order valence-electron chi connectivity index (χ0n) is 14.9. The summed E-state index contributed by atoms with van der Waals surface area (Å²) < 4.78 is 0. The van der Waals surface area contributed by atoms with Gasteiger partial charge < -0.3 is 16.0 Å². The number of anilines is 1. The zero-order valence-corrected chi connectivity index (χ0v) is 14.9. The Kier molecular flexibility index (Phi) is 6.04. The van der Waals surface area contributed by atoms with Gasteiger partial charge in [-0.15, -0.1) is 0 Å². The number of para-hydroxylation sites is 1. The Morgan fingerprint density at radius 2 is 1.60 bits per heavy atom. The summed E-state index contributed by atoms with van der Waals surface area (Å²) in [6.45, 7) is 6.20. The average Bonchev–Trinajstić information content (AvgIpc) is 2.64. The summed E-state index contributed by atoms with van der Waals surface area (Å²) in [6.07, 6.45) is 0. The molecule has 0 bridgehead atoms. The van der Waals surface area contributed by atoms with Crippen LogP contribution in [0.5, 0.6) is 0 Å². The second-order valence-electron chi connectivity index (χ2n) is 6.59. The highest BCUT2D eigenvalue weighted by Gasteiger charge is 2.13. The molecule has 25 heavy (non-hydrogen) atoms. The summed E-state index contributed by atoms with van der Waals surface area (Å²) >= 11 is 0. The Hall–Kier alpha value is -2.37. The molecule has 5 nitrogen and oxygen atoms in total. The lowest BCUT2D eigenvalue weighted by Gasteiger charge is -2.32. The number of nitrogens with two attached hydrogens (primary N) is 1. The number of guanidine groups is 1. The number of nitrogens with zero attached hydrogens (tertiary/aromatic N) is 3. The second kappa shape index (κ2) is 8.65. The van der Waals surface area contributed by atoms with Gasteiger partial charge in [0.2, 0.25) is 0 Å². The van der Waals surface area contributed by atoms with Gasteiger partial charge in [-0.25, -0.2) is 4.99 Å². The molecule has 1 aliphatic heterocycles. The van der Waals surface area contributed by atoms with Crippen molar-refractivity contribution in [3.63, 3.8) is 0 Å². The van der Waals surface area contributed by atoms with E-state index < -0.39 is 0 Å². The number of hydrogen-bond donors (Lipinski definition) is 2. The fourth-order valence-corrected chi connectivity index (χ4v) is 2.90. The van der Waals surface area contributed by atoms with E-state index in [4.69, 9.17) is 5.73 Å². The predicted octanol–water partition coefficient (Wildman–Crippen LogP) is 2.36. The Morgan fingerprint density at radius 1 is 0.960 bits per heavy atom. The summed E-state index contributed by atoms with van der Waals surface area (Å²) in [7, 11) is 2.19. The smallest absolute Gasteiger partial charge is 0.193 e. The van der Waals surface area contributed by atoms with Gasteiger partial charge in [0.05, 0.1) is 6.54 Å². The molecule has 1 heterocycles. The Balaban J connectivity index is 1.49. The van der Waals surface area contributed by atoms with Gasteiger partial charge in [-0.2, -0.15) is 0 Å². The SMILES string of the molecule is CN1CCN(Cc2ccc(CN=C(N)Nc3ccccc3)cc2)CC1. The van der Waals surface area contributed by atoms with E-state index >= 15 is 0 Å². The molecular formula is C20H27N5. The molecule has 5 heteroatoms. The second-order valence-corrected chi connectivity index (χ2v) is 6.59. The monoisotopic (exact) mass is 337 g/mol. The molecule has 3 N–H and O–H groups in total. The number of rotatable bonds is 5. The summed E-state index contributed by atoms with van der Waals surface area (Å²) in [6, 6.07) is 18.5. The van der Waals surface area contributed by atoms with Gasteiger partial charge in [0.1, 0.15) is 0 Å². The summed E-state index contributed by atoms with van der Waals surface area (Å²) in [4.78, 5) is 9.30. The van der Waals surface area contributed by atoms with Gasteiger partial charge >= 0.3 is 0 Å². The number of nitrogens with one attached hydrogen (secondary N) is 1. The molecule has 0 radical (unpaired) electrons. The van der Waals surface area contributed by atoms with Crippen LogP contribution in [-0.2, 0) is 13.1 Å². The summed E-state index contributed by atoms with van der Waals surface area (Å²) in [5.41, 5.74) is 9.42. The quantitative estimate of drug-likeness (QED) is 0.650. The van der Waals surface area contributed by atoms with Crippen molar-refractivity contribution >= 4 is 11.6 Å². The van der Waals surface area contributed by atoms with Crippen LogP contribution in [0.3, 0.4) is 0 Å². The first kappa shape index (κ1) is 17.5. The summed E-state index contributed by atoms with van der Waals surface area (Å²) in [5, 5.41) is 3.10. The minimum atomic E-state index is 0.438. The van der Waals surface area contributed by atoms with Gasteiger partial charge in [0, 0.05) is 38.4 Å². The lowest BCUT2D eigenvalue weighted by molar-refractivity contribution is 0.148. The van der Waals surface area contributed by atoms with Crippen LogP contribution in [0.4, 0.5) is 5.69 Å². The molecule has 2 aromatic rings. The molecule has 132 valence electrons. The molecule has 1 fully saturated rings. The molecule has 3 rings (SSSR count). The highest BCUT2D eigenvalue weighted by Crippen LogP contribution is 2.11. The topological polar surface area (TPSA) is 56.9 Å². The van der Waals surface area contributed by atoms with Gasteiger partial charge in [0.15, 0.2) is 5.96 Å². The van der Waals surface area contributed by atoms with E-state index in [-0.39, 0.29) is 0 Å². The molecule has 0 amide bonds. The van der Waals surface area contributed by atoms with Crippen molar-refractivity contribution in [2.24, 2.45) is 10.7 Å². The van der Waals surface area contributed by atoms with Crippen molar-refractivity contribution in [2.45, 2.75) is 13.1 Å². The van der Waals surface area contributed by atoms with E-state index in [0.29, 0.717) is 12.5 Å². The summed E-state index contributed by atoms with van der Waals surface area (Å²) in [5.74, 6) is 0.438. The lowest BCUT2D eigenvalue weighted by Crippen LogP contribution is -2.43. The standard InChI is InChI=1S/C20H27N5/c1-24-11-13-25(14-12-24)16-18-9-7-17(8-10-18)15-22-20(21)23-19-5-3-2-4-6-19/h2-10H,11-16H2,1H3,(H3,21,22,23). The molecular weight excluding hydrogens is 310 g/mol. The van der Waals surface area contributed by atoms with Crippen molar-refractivity contribution < 1.29 is 0 Å². The van der Waals surface area contributed by atoms with E-state index in [1.54, 1.807) is 0 Å². The number of aliphatic imine (C=N–C) groups is 1. The van der Waals surface area contributed by atoms with Crippen molar-refractivity contribution in [1.29, 1.82) is 0 Å². The third kappa shape index (κ3) is 5.59. The molecule has 0 aromatic heterocycles. The molecule has 2 aromatic carbocycles. The van der Waals surface area contributed by atoms with Crippen LogP contribution >= 0.6 is 0 Å². The highest BCUT2D eigenvalue weighted by molar-refractivity contribution is 5.92. The van der Waals surface area contributed by atoms with Crippen molar-refractivity contribution in [3.05, 3.63) is 65.7 Å². The minimum absolute atomic E-state index is 0.438. The fourth-order valence-electron chi connectivity index (χ4n) is 2.90. The Morgan fingerprint density at radius 3 is 2.28 bits per heavy atom. The van der Waals surface area contributed by atoms with Crippen LogP contribution in [-0.4, -0.2) is 49.0 Å². The molecule has 0 aliphatic carbocycles. The van der Waals surface area contributed by atoms with Gasteiger partial charge in [-0.1, -0.05) is 42.5 Å². The molecule has 1 saturated heterocycles. The van der Waals surface area contributed by atoms with E-state index in [0.717, 1.165) is 38.4 Å². The molecule has 0 spiro atoms. The van der Waals surface area contributed by atoms with Crippen LogP contribution in [0.25, 0.3) is 0 Å². The normalized spacial score (nSPS) is 16.8. The molecule has 1 aliphatic rings. The van der Waals surface area contributed by atoms with Crippen LogP contribution < -0.4 is 11.1 Å². The van der Waals surface area contributed by atoms with Crippen LogP contribution in [0.2, 0.25) is 0 Å². The van der Waals surface area contributed by atoms with E-state index in [9.17, 15) is 0 Å². The maximum absolute atomic E-state index is 5.95. The van der Waals surface area contributed by atoms with Crippen molar-refractivity contribution in [3.8, 4) is 0 Å². The largest absolute Gasteiger partial charge is 0.370 e. The molecule has 0 saturated carbocycles. The number of hydrogen-bond acceptors (Lipinski definition) is 3. The van der Waals surface area contributed by atoms with Crippen LogP contribution in [0.15, 0.2) is 59.6 Å². The van der Waals surface area contributed by atoms with Crippen molar-refractivity contribution in [1.82, 2.24) is 9.80 Å². The fraction of sp³-hybridized carbons (Fsp3) is 0.350. The average molecular weight is 337 g/mol. The third-order valence-electron chi connectivity index (χ3n) is 4.50. The van der Waals surface area contributed by atoms with Crippen molar-refractivity contribution in [2.75, 3.05) is 38.5 Å². The van der Waals surface area contributed by atoms with Gasteiger partial charge in [0.25, 0.3) is 0 Å². The van der Waals surface area contributed by atoms with Crippen LogP contribution in [0.1, 0.15) is 11.1 Å². The molecule has 0 unspecified atom stereocenters. The third-order valence-corrected chi connectivity index (χ3v) is 4.50. The molecule has 0 atom stereocenters. The van der Waals surface area contributed by atoms with Gasteiger partial charge in [-0.05, 0) is 30.3 Å². The number of benzene rings is 2. The van der Waals surface area contributed by atoms with E-state index in [1.807, 2.05) is 30.3 Å². The number of likely N-dealkylation sites (N-methyl/N-ethyl adjacent to an activating group) is 1. The van der Waals surface area contributed by atoms with E-state index in [2.05, 4.69) is 51.4 Å². The highest BCUT2D eigenvalue weighted by atomic mass is 15.2. The first-order valence-electron chi connectivity index (χ1n) is 8.80. The first-order valence-corrected chi connectivity index (χ1v) is 8.80. The number of piperazine rings is 1.